The summed E-state index contributed by atoms with van der Waals surface area (Å²) in [5.74, 6) is 0.879. The van der Waals surface area contributed by atoms with E-state index in [4.69, 9.17) is 0 Å². The first kappa shape index (κ1) is 13.9. The minimum absolute atomic E-state index is 0.0417. The predicted molar refractivity (Wildman–Crippen MR) is 72.6 cm³/mol. The molecule has 0 saturated carbocycles. The third-order valence-electron chi connectivity index (χ3n) is 2.85. The molecule has 1 aliphatic heterocycles. The number of carbonyl (C=O) groups is 2. The minimum Gasteiger partial charge on any atom is -0.343 e. The van der Waals surface area contributed by atoms with Gasteiger partial charge < -0.3 is 10.2 Å². The van der Waals surface area contributed by atoms with E-state index in [9.17, 15) is 14.0 Å². The number of rotatable bonds is 3. The van der Waals surface area contributed by atoms with Gasteiger partial charge in [0.1, 0.15) is 5.82 Å². The summed E-state index contributed by atoms with van der Waals surface area (Å²) in [5.41, 5.74) is 0.224. The highest BCUT2D eigenvalue weighted by molar-refractivity contribution is 7.99. The molecule has 1 heterocycles. The summed E-state index contributed by atoms with van der Waals surface area (Å²) < 4.78 is 13.0. The summed E-state index contributed by atoms with van der Waals surface area (Å²) in [7, 11) is 0. The first-order chi connectivity index (χ1) is 9.16. The molecule has 0 bridgehead atoms. The van der Waals surface area contributed by atoms with Crippen LogP contribution in [-0.2, 0) is 4.79 Å². The number of thioether (sulfide) groups is 1. The second-order valence-corrected chi connectivity index (χ2v) is 5.41. The summed E-state index contributed by atoms with van der Waals surface area (Å²) in [4.78, 5) is 25.3. The number of nitrogens with one attached hydrogen (secondary N) is 1. The Balaban J connectivity index is 1.84. The monoisotopic (exact) mass is 282 g/mol. The van der Waals surface area contributed by atoms with E-state index in [1.807, 2.05) is 11.8 Å². The summed E-state index contributed by atoms with van der Waals surface area (Å²) in [6.07, 6.45) is 0. The van der Waals surface area contributed by atoms with Gasteiger partial charge >= 0.3 is 0 Å². The molecule has 4 nitrogen and oxygen atoms in total. The van der Waals surface area contributed by atoms with Gasteiger partial charge in [0, 0.05) is 30.2 Å². The van der Waals surface area contributed by atoms with Gasteiger partial charge in [0.2, 0.25) is 5.91 Å². The first-order valence-corrected chi connectivity index (χ1v) is 7.21. The summed E-state index contributed by atoms with van der Waals surface area (Å²) in [6, 6.07) is 5.40. The zero-order valence-electron chi connectivity index (χ0n) is 10.4. The molecule has 1 aromatic carbocycles. The molecule has 2 amide bonds. The second-order valence-electron chi connectivity index (χ2n) is 4.19. The number of amides is 2. The van der Waals surface area contributed by atoms with Crippen molar-refractivity contribution < 1.29 is 14.0 Å². The van der Waals surface area contributed by atoms with Gasteiger partial charge in [-0.2, -0.15) is 11.8 Å². The van der Waals surface area contributed by atoms with Gasteiger partial charge in [0.05, 0.1) is 6.54 Å². The highest BCUT2D eigenvalue weighted by Gasteiger charge is 2.17. The quantitative estimate of drug-likeness (QED) is 0.904. The zero-order valence-corrected chi connectivity index (χ0v) is 11.2. The number of carbonyl (C=O) groups excluding carboxylic acids is 2. The van der Waals surface area contributed by atoms with E-state index >= 15 is 0 Å². The van der Waals surface area contributed by atoms with Crippen LogP contribution in [0, 0.1) is 5.82 Å². The van der Waals surface area contributed by atoms with Crippen molar-refractivity contribution in [2.45, 2.75) is 0 Å². The molecule has 0 atom stereocenters. The maximum Gasteiger partial charge on any atom is 0.251 e. The fourth-order valence-electron chi connectivity index (χ4n) is 1.81. The third-order valence-corrected chi connectivity index (χ3v) is 3.79. The fraction of sp³-hybridized carbons (Fsp3) is 0.385. The molecule has 0 aliphatic carbocycles. The highest BCUT2D eigenvalue weighted by atomic mass is 32.2. The maximum absolute atomic E-state index is 13.0. The van der Waals surface area contributed by atoms with E-state index in [0.29, 0.717) is 0 Å². The first-order valence-electron chi connectivity index (χ1n) is 6.06. The van der Waals surface area contributed by atoms with Gasteiger partial charge in [0.25, 0.3) is 5.91 Å². The predicted octanol–water partition coefficient (Wildman–Crippen LogP) is 1.13. The lowest BCUT2D eigenvalue weighted by Crippen LogP contribution is -2.43. The number of nitrogens with zero attached hydrogens (tertiary/aromatic N) is 1. The lowest BCUT2D eigenvalue weighted by molar-refractivity contribution is -0.129. The van der Waals surface area contributed by atoms with Gasteiger partial charge in [-0.1, -0.05) is 6.07 Å². The van der Waals surface area contributed by atoms with Crippen LogP contribution in [0.15, 0.2) is 24.3 Å². The third kappa shape index (κ3) is 3.96. The number of halogens is 1. The van der Waals surface area contributed by atoms with Crippen molar-refractivity contribution in [2.75, 3.05) is 31.1 Å². The molecule has 1 saturated heterocycles. The van der Waals surface area contributed by atoms with Crippen LogP contribution in [0.1, 0.15) is 10.4 Å². The van der Waals surface area contributed by atoms with Gasteiger partial charge in [-0.15, -0.1) is 0 Å². The lowest BCUT2D eigenvalue weighted by atomic mass is 10.2. The largest absolute Gasteiger partial charge is 0.343 e. The van der Waals surface area contributed by atoms with Gasteiger partial charge in [-0.3, -0.25) is 9.59 Å². The highest BCUT2D eigenvalue weighted by Crippen LogP contribution is 2.09. The van der Waals surface area contributed by atoms with Crippen molar-refractivity contribution in [3.05, 3.63) is 35.6 Å². The number of hydrogen-bond acceptors (Lipinski definition) is 3. The molecule has 0 radical (unpaired) electrons. The van der Waals surface area contributed by atoms with Crippen molar-refractivity contribution in [1.29, 1.82) is 0 Å². The Morgan fingerprint density at radius 1 is 1.32 bits per heavy atom. The Morgan fingerprint density at radius 2 is 2.05 bits per heavy atom. The van der Waals surface area contributed by atoms with Crippen LogP contribution in [-0.4, -0.2) is 47.9 Å². The van der Waals surface area contributed by atoms with E-state index in [0.717, 1.165) is 30.7 Å². The second kappa shape index (κ2) is 6.56. The molecular formula is C13H15FN2O2S. The van der Waals surface area contributed by atoms with Crippen molar-refractivity contribution in [2.24, 2.45) is 0 Å². The van der Waals surface area contributed by atoms with Crippen LogP contribution in [0.2, 0.25) is 0 Å². The van der Waals surface area contributed by atoms with Crippen molar-refractivity contribution in [3.63, 3.8) is 0 Å². The molecule has 1 fully saturated rings. The zero-order chi connectivity index (χ0) is 13.7. The van der Waals surface area contributed by atoms with Crippen molar-refractivity contribution >= 4 is 23.6 Å². The van der Waals surface area contributed by atoms with E-state index in [-0.39, 0.29) is 18.0 Å². The summed E-state index contributed by atoms with van der Waals surface area (Å²) >= 11 is 1.82. The van der Waals surface area contributed by atoms with Gasteiger partial charge in [-0.25, -0.2) is 4.39 Å². The average molecular weight is 282 g/mol. The molecule has 102 valence electrons. The topological polar surface area (TPSA) is 49.4 Å². The van der Waals surface area contributed by atoms with E-state index < -0.39 is 11.7 Å². The molecule has 0 unspecified atom stereocenters. The van der Waals surface area contributed by atoms with E-state index in [1.54, 1.807) is 4.90 Å². The Kier molecular flexibility index (Phi) is 4.79. The molecule has 1 aromatic rings. The molecule has 1 aliphatic rings. The Bertz CT molecular complexity index is 475. The average Bonchev–Trinajstić information content (AvgIpc) is 2.45. The van der Waals surface area contributed by atoms with Crippen LogP contribution in [0.25, 0.3) is 0 Å². The molecule has 0 spiro atoms. The van der Waals surface area contributed by atoms with Crippen LogP contribution < -0.4 is 5.32 Å². The van der Waals surface area contributed by atoms with E-state index in [2.05, 4.69) is 5.32 Å². The number of hydrogen-bond donors (Lipinski definition) is 1. The summed E-state index contributed by atoms with van der Waals surface area (Å²) in [6.45, 7) is 1.40. The normalized spacial score (nSPS) is 15.1. The van der Waals surface area contributed by atoms with Crippen LogP contribution in [0.5, 0.6) is 0 Å². The van der Waals surface area contributed by atoms with Crippen LogP contribution in [0.4, 0.5) is 4.39 Å². The van der Waals surface area contributed by atoms with E-state index in [1.165, 1.54) is 18.2 Å². The fourth-order valence-corrected chi connectivity index (χ4v) is 2.72. The van der Waals surface area contributed by atoms with Crippen LogP contribution >= 0.6 is 11.8 Å². The molecule has 0 aromatic heterocycles. The Morgan fingerprint density at radius 3 is 2.74 bits per heavy atom. The maximum atomic E-state index is 13.0. The number of benzene rings is 1. The smallest absolute Gasteiger partial charge is 0.251 e. The Labute approximate surface area is 115 Å². The Hall–Kier alpha value is -1.56. The standard InChI is InChI=1S/C13H15FN2O2S/c14-11-3-1-2-10(8-11)13(18)15-9-12(17)16-4-6-19-7-5-16/h1-3,8H,4-7,9H2,(H,15,18). The van der Waals surface area contributed by atoms with Crippen molar-refractivity contribution in [1.82, 2.24) is 10.2 Å². The van der Waals surface area contributed by atoms with Gasteiger partial charge in [0.15, 0.2) is 0 Å². The summed E-state index contributed by atoms with van der Waals surface area (Å²) in [5, 5.41) is 2.52. The minimum atomic E-state index is -0.466. The molecular weight excluding hydrogens is 267 g/mol. The molecule has 19 heavy (non-hydrogen) atoms. The SMILES string of the molecule is O=C(NCC(=O)N1CCSCC1)c1cccc(F)c1. The molecule has 2 rings (SSSR count). The lowest BCUT2D eigenvalue weighted by Gasteiger charge is -2.26. The van der Waals surface area contributed by atoms with Crippen LogP contribution in [0.3, 0.4) is 0 Å². The molecule has 6 heteroatoms. The van der Waals surface area contributed by atoms with Crippen molar-refractivity contribution in [3.8, 4) is 0 Å². The molecule has 1 N–H and O–H groups in total. The van der Waals surface area contributed by atoms with Gasteiger partial charge in [-0.05, 0) is 18.2 Å².